The van der Waals surface area contributed by atoms with Crippen molar-refractivity contribution >= 4 is 5.91 Å². The third kappa shape index (κ3) is 5.91. The lowest BCUT2D eigenvalue weighted by atomic mass is 9.53. The van der Waals surface area contributed by atoms with E-state index in [-0.39, 0.29) is 12.0 Å². The number of carbonyl (C=O) groups is 1. The average molecular weight is 529 g/mol. The minimum absolute atomic E-state index is 0.121. The van der Waals surface area contributed by atoms with E-state index in [9.17, 15) is 4.79 Å². The van der Waals surface area contributed by atoms with Gasteiger partial charge in [-0.1, -0.05) is 12.1 Å². The second-order valence-corrected chi connectivity index (χ2v) is 13.7. The molecule has 5 saturated carbocycles. The minimum Gasteiger partial charge on any atom is -0.478 e. The first-order valence-electron chi connectivity index (χ1n) is 14.7. The average Bonchev–Trinajstić information content (AvgIpc) is 2.87. The second-order valence-electron chi connectivity index (χ2n) is 13.7. The maximum atomic E-state index is 12.6. The largest absolute Gasteiger partial charge is 0.478 e. The highest BCUT2D eigenvalue weighted by Crippen LogP contribution is 2.60. The van der Waals surface area contributed by atoms with E-state index in [1.54, 1.807) is 13.8 Å². The normalized spacial score (nSPS) is 34.8. The summed E-state index contributed by atoms with van der Waals surface area (Å²) in [7, 11) is 1.81. The fraction of sp³-hybridized carbons (Fsp3) is 0.774. The van der Waals surface area contributed by atoms with Crippen molar-refractivity contribution in [2.24, 2.45) is 29.4 Å². The smallest absolute Gasteiger partial charge is 0.263 e. The van der Waals surface area contributed by atoms with Crippen LogP contribution in [0, 0.1) is 23.7 Å². The Morgan fingerprint density at radius 2 is 1.53 bits per heavy atom. The van der Waals surface area contributed by atoms with Crippen molar-refractivity contribution in [3.05, 3.63) is 29.8 Å². The van der Waals surface area contributed by atoms with Crippen LogP contribution in [0.1, 0.15) is 97.0 Å². The first-order valence-corrected chi connectivity index (χ1v) is 14.7. The molecular formula is C31H48N2O5. The molecule has 0 aliphatic heterocycles. The number of benzene rings is 1. The molecule has 4 bridgehead atoms. The molecule has 0 atom stereocenters. The van der Waals surface area contributed by atoms with E-state index in [4.69, 9.17) is 25.0 Å². The number of carbonyl (C=O) groups excluding carboxylic acids is 1. The van der Waals surface area contributed by atoms with Crippen molar-refractivity contribution < 1.29 is 24.0 Å². The zero-order valence-corrected chi connectivity index (χ0v) is 24.0. The van der Waals surface area contributed by atoms with E-state index in [2.05, 4.69) is 17.4 Å². The molecule has 5 aliphatic carbocycles. The first kappa shape index (κ1) is 27.9. The molecule has 0 saturated heterocycles. The molecule has 1 aromatic carbocycles. The summed E-state index contributed by atoms with van der Waals surface area (Å²) in [6.45, 7) is 7.71. The summed E-state index contributed by atoms with van der Waals surface area (Å²) in [5.41, 5.74) is 5.84. The van der Waals surface area contributed by atoms with Gasteiger partial charge in [0.25, 0.3) is 5.91 Å². The molecule has 212 valence electrons. The predicted molar refractivity (Wildman–Crippen MR) is 146 cm³/mol. The van der Waals surface area contributed by atoms with E-state index in [0.717, 1.165) is 37.5 Å². The zero-order chi connectivity index (χ0) is 27.1. The highest BCUT2D eigenvalue weighted by Gasteiger charge is 2.60. The fourth-order valence-corrected chi connectivity index (χ4v) is 7.65. The summed E-state index contributed by atoms with van der Waals surface area (Å²) in [6.07, 6.45) is 10.5. The molecule has 0 radical (unpaired) electrons. The lowest BCUT2D eigenvalue weighted by Gasteiger charge is -2.58. The third-order valence-electron chi connectivity index (χ3n) is 9.56. The number of hydrogen-bond donors (Lipinski definition) is 2. The Morgan fingerprint density at radius 3 is 2.05 bits per heavy atom. The molecule has 7 heteroatoms. The monoisotopic (exact) mass is 528 g/mol. The molecule has 7 nitrogen and oxygen atoms in total. The topological polar surface area (TPSA) is 92.0 Å². The minimum atomic E-state index is -0.987. The number of nitrogens with two attached hydrogens (primary N) is 1. The second kappa shape index (κ2) is 10.7. The number of nitrogens with one attached hydrogen (secondary N) is 1. The van der Waals surface area contributed by atoms with Gasteiger partial charge in [0.2, 0.25) is 5.79 Å². The van der Waals surface area contributed by atoms with Crippen LogP contribution in [0.5, 0.6) is 5.75 Å². The SMILES string of the molecule is COC1(OOC2CCC(c3ccc(OC(C)(C)C(=O)NCC(C)(C)N)cc3)CC2)C2CC3CC(C2)CC1C3. The number of amides is 1. The summed E-state index contributed by atoms with van der Waals surface area (Å²) in [5.74, 6) is 3.15. The molecule has 0 aromatic heterocycles. The number of methoxy groups -OCH3 is 1. The van der Waals surface area contributed by atoms with Crippen molar-refractivity contribution in [1.29, 1.82) is 0 Å². The van der Waals surface area contributed by atoms with Crippen molar-refractivity contribution in [1.82, 2.24) is 5.32 Å². The van der Waals surface area contributed by atoms with Crippen LogP contribution in [-0.4, -0.2) is 42.6 Å². The molecule has 1 aromatic rings. The quantitative estimate of drug-likeness (QED) is 0.238. The fourth-order valence-electron chi connectivity index (χ4n) is 7.65. The van der Waals surface area contributed by atoms with Gasteiger partial charge in [-0.2, -0.15) is 0 Å². The third-order valence-corrected chi connectivity index (χ3v) is 9.56. The summed E-state index contributed by atoms with van der Waals surface area (Å²) in [5, 5.41) is 2.88. The molecule has 0 unspecified atom stereocenters. The lowest BCUT2D eigenvalue weighted by Crippen LogP contribution is -2.60. The Labute approximate surface area is 228 Å². The van der Waals surface area contributed by atoms with Crippen molar-refractivity contribution in [2.45, 2.75) is 114 Å². The highest BCUT2D eigenvalue weighted by atomic mass is 17.2. The van der Waals surface area contributed by atoms with Gasteiger partial charge in [-0.05, 0) is 121 Å². The van der Waals surface area contributed by atoms with Crippen LogP contribution in [0.25, 0.3) is 0 Å². The van der Waals surface area contributed by atoms with Gasteiger partial charge < -0.3 is 20.5 Å². The Kier molecular flexibility index (Phi) is 7.86. The molecule has 5 aliphatic rings. The zero-order valence-electron chi connectivity index (χ0n) is 24.0. The first-order chi connectivity index (χ1) is 18.0. The molecule has 3 N–H and O–H groups in total. The van der Waals surface area contributed by atoms with Crippen LogP contribution >= 0.6 is 0 Å². The van der Waals surface area contributed by atoms with Gasteiger partial charge in [-0.15, -0.1) is 0 Å². The van der Waals surface area contributed by atoms with E-state index in [0.29, 0.717) is 30.0 Å². The van der Waals surface area contributed by atoms with E-state index < -0.39 is 16.9 Å². The Bertz CT molecular complexity index is 933. The number of ether oxygens (including phenoxy) is 2. The van der Waals surface area contributed by atoms with Gasteiger partial charge in [0, 0.05) is 31.0 Å². The Balaban J connectivity index is 1.09. The van der Waals surface area contributed by atoms with Crippen LogP contribution < -0.4 is 15.8 Å². The van der Waals surface area contributed by atoms with Gasteiger partial charge in [0.1, 0.15) is 5.75 Å². The number of hydrogen-bond acceptors (Lipinski definition) is 6. The van der Waals surface area contributed by atoms with E-state index in [1.807, 2.05) is 33.1 Å². The van der Waals surface area contributed by atoms with Crippen LogP contribution in [0.2, 0.25) is 0 Å². The summed E-state index contributed by atoms with van der Waals surface area (Å²) >= 11 is 0. The predicted octanol–water partition coefficient (Wildman–Crippen LogP) is 5.47. The molecule has 0 heterocycles. The van der Waals surface area contributed by atoms with Crippen LogP contribution in [0.3, 0.4) is 0 Å². The van der Waals surface area contributed by atoms with Gasteiger partial charge in [0.15, 0.2) is 5.60 Å². The van der Waals surface area contributed by atoms with Crippen molar-refractivity contribution in [3.63, 3.8) is 0 Å². The van der Waals surface area contributed by atoms with Crippen LogP contribution in [0.4, 0.5) is 0 Å². The van der Waals surface area contributed by atoms with Gasteiger partial charge >= 0.3 is 0 Å². The van der Waals surface area contributed by atoms with Gasteiger partial charge in [0.05, 0.1) is 6.10 Å². The maximum absolute atomic E-state index is 12.6. The Hall–Kier alpha value is -1.67. The number of rotatable bonds is 10. The van der Waals surface area contributed by atoms with E-state index >= 15 is 0 Å². The molecule has 5 fully saturated rings. The molecular weight excluding hydrogens is 480 g/mol. The molecule has 6 rings (SSSR count). The maximum Gasteiger partial charge on any atom is 0.263 e. The molecule has 0 spiro atoms. The van der Waals surface area contributed by atoms with Crippen molar-refractivity contribution in [3.8, 4) is 5.75 Å². The molecule has 1 amide bonds. The summed E-state index contributed by atoms with van der Waals surface area (Å²) < 4.78 is 12.1. The molecule has 38 heavy (non-hydrogen) atoms. The summed E-state index contributed by atoms with van der Waals surface area (Å²) in [4.78, 5) is 25.0. The summed E-state index contributed by atoms with van der Waals surface area (Å²) in [6, 6.07) is 8.20. The Morgan fingerprint density at radius 1 is 0.947 bits per heavy atom. The van der Waals surface area contributed by atoms with Crippen LogP contribution in [0.15, 0.2) is 24.3 Å². The van der Waals surface area contributed by atoms with Gasteiger partial charge in [-0.3, -0.25) is 4.79 Å². The lowest BCUT2D eigenvalue weighted by molar-refractivity contribution is -0.485. The van der Waals surface area contributed by atoms with Crippen LogP contribution in [-0.2, 0) is 19.3 Å². The van der Waals surface area contributed by atoms with E-state index in [1.165, 1.54) is 37.7 Å². The standard InChI is InChI=1S/C31H48N2O5/c1-29(2,32)19-33-28(34)30(3,4)36-26-10-6-22(7-11-26)23-8-12-27(13-9-23)37-38-31(35-5)24-15-20-14-21(17-24)18-25(31)16-20/h6-7,10-11,20-21,23-25,27H,8-9,12-19,32H2,1-5H3,(H,33,34). The van der Waals surface area contributed by atoms with Gasteiger partial charge in [-0.25, -0.2) is 9.78 Å². The highest BCUT2D eigenvalue weighted by molar-refractivity contribution is 5.84. The van der Waals surface area contributed by atoms with Crippen molar-refractivity contribution in [2.75, 3.05) is 13.7 Å².